The number of carbonyl (C=O) groups is 1. The van der Waals surface area contributed by atoms with E-state index in [2.05, 4.69) is 12.2 Å². The summed E-state index contributed by atoms with van der Waals surface area (Å²) in [4.78, 5) is 13.1. The van der Waals surface area contributed by atoms with E-state index in [1.54, 1.807) is 25.3 Å². The molecule has 0 unspecified atom stereocenters. The molecule has 0 aliphatic heterocycles. The molecule has 0 saturated carbocycles. The Kier molecular flexibility index (Phi) is 6.40. The normalized spacial score (nSPS) is 10.9. The molecule has 0 spiro atoms. The molecule has 1 N–H and O–H groups in total. The second-order valence-corrected chi connectivity index (χ2v) is 6.88. The fraction of sp³-hybridized carbons (Fsp3) is 0.318. The van der Waals surface area contributed by atoms with Crippen LogP contribution in [0.4, 0.5) is 5.69 Å². The summed E-state index contributed by atoms with van der Waals surface area (Å²) < 4.78 is 11.1. The van der Waals surface area contributed by atoms with Gasteiger partial charge in [0.05, 0.1) is 17.8 Å². The molecule has 0 atom stereocenters. The maximum absolute atomic E-state index is 13.1. The number of benzene rings is 2. The van der Waals surface area contributed by atoms with Crippen molar-refractivity contribution in [2.24, 2.45) is 0 Å². The third-order valence-corrected chi connectivity index (χ3v) is 4.84. The van der Waals surface area contributed by atoms with Crippen LogP contribution >= 0.6 is 11.6 Å². The van der Waals surface area contributed by atoms with Gasteiger partial charge in [-0.2, -0.15) is 0 Å². The molecule has 2 aromatic carbocycles. The lowest BCUT2D eigenvalue weighted by Gasteiger charge is -2.08. The van der Waals surface area contributed by atoms with E-state index < -0.39 is 0 Å². The Morgan fingerprint density at radius 3 is 2.70 bits per heavy atom. The Bertz CT molecular complexity index is 932. The van der Waals surface area contributed by atoms with Crippen LogP contribution in [0.15, 0.2) is 46.9 Å². The second-order valence-electron chi connectivity index (χ2n) is 6.47. The molecule has 1 heterocycles. The molecule has 0 fully saturated rings. The summed E-state index contributed by atoms with van der Waals surface area (Å²) in [6.07, 6.45) is 4.62. The lowest BCUT2D eigenvalue weighted by Crippen LogP contribution is -2.07. The van der Waals surface area contributed by atoms with Crippen molar-refractivity contribution in [1.29, 1.82) is 0 Å². The maximum Gasteiger partial charge on any atom is 0.230 e. The number of nitrogens with one attached hydrogen (secondary N) is 1. The number of rotatable bonds is 9. The number of hydrogen-bond donors (Lipinski definition) is 1. The van der Waals surface area contributed by atoms with Gasteiger partial charge in [-0.15, -0.1) is 0 Å². The minimum absolute atomic E-state index is 0.202. The van der Waals surface area contributed by atoms with Crippen molar-refractivity contribution in [1.82, 2.24) is 0 Å². The van der Waals surface area contributed by atoms with E-state index in [1.165, 1.54) is 12.8 Å². The van der Waals surface area contributed by atoms with Crippen molar-refractivity contribution in [3.8, 4) is 5.75 Å². The molecule has 0 aliphatic carbocycles. The van der Waals surface area contributed by atoms with Gasteiger partial charge < -0.3 is 14.5 Å². The van der Waals surface area contributed by atoms with Gasteiger partial charge >= 0.3 is 0 Å². The van der Waals surface area contributed by atoms with Crippen molar-refractivity contribution in [2.75, 3.05) is 19.0 Å². The number of carbonyl (C=O) groups excluding carboxylic acids is 1. The molecular weight excluding hydrogens is 362 g/mol. The van der Waals surface area contributed by atoms with Gasteiger partial charge in [-0.3, -0.25) is 4.79 Å². The third kappa shape index (κ3) is 4.28. The number of fused-ring (bicyclic) bond motifs is 1. The number of methoxy groups -OCH3 is 1. The van der Waals surface area contributed by atoms with Crippen LogP contribution in [-0.2, 0) is 0 Å². The van der Waals surface area contributed by atoms with Gasteiger partial charge in [0.2, 0.25) is 5.78 Å². The number of furan rings is 1. The maximum atomic E-state index is 13.1. The molecule has 27 heavy (non-hydrogen) atoms. The number of halogens is 1. The zero-order chi connectivity index (χ0) is 19.2. The van der Waals surface area contributed by atoms with Crippen LogP contribution in [0.3, 0.4) is 0 Å². The van der Waals surface area contributed by atoms with Gasteiger partial charge in [0.25, 0.3) is 0 Å². The molecule has 3 rings (SSSR count). The zero-order valence-electron chi connectivity index (χ0n) is 15.7. The van der Waals surface area contributed by atoms with Crippen LogP contribution < -0.4 is 10.1 Å². The number of hydrogen-bond acceptors (Lipinski definition) is 4. The van der Waals surface area contributed by atoms with Gasteiger partial charge in [0.15, 0.2) is 5.76 Å². The minimum Gasteiger partial charge on any atom is -0.495 e. The SMILES string of the molecule is CCCCCCNc1c(C(=O)c2ccc(OC)c(Cl)c2)oc2ccccc12. The van der Waals surface area contributed by atoms with Crippen LogP contribution in [0.1, 0.15) is 48.7 Å². The van der Waals surface area contributed by atoms with E-state index >= 15 is 0 Å². The summed E-state index contributed by atoms with van der Waals surface area (Å²) in [7, 11) is 1.54. The fourth-order valence-corrected chi connectivity index (χ4v) is 3.34. The van der Waals surface area contributed by atoms with Crippen molar-refractivity contribution in [2.45, 2.75) is 32.6 Å². The smallest absolute Gasteiger partial charge is 0.230 e. The monoisotopic (exact) mass is 385 g/mol. The van der Waals surface area contributed by atoms with Crippen LogP contribution in [0.2, 0.25) is 5.02 Å². The first-order chi connectivity index (χ1) is 13.2. The highest BCUT2D eigenvalue weighted by Crippen LogP contribution is 2.34. The van der Waals surface area contributed by atoms with Gasteiger partial charge in [-0.1, -0.05) is 49.9 Å². The molecular formula is C22H24ClNO3. The number of para-hydroxylation sites is 1. The highest BCUT2D eigenvalue weighted by atomic mass is 35.5. The number of ether oxygens (including phenoxy) is 1. The fourth-order valence-electron chi connectivity index (χ4n) is 3.08. The minimum atomic E-state index is -0.202. The summed E-state index contributed by atoms with van der Waals surface area (Å²) in [6.45, 7) is 2.99. The molecule has 0 radical (unpaired) electrons. The van der Waals surface area contributed by atoms with Gasteiger partial charge in [0.1, 0.15) is 11.3 Å². The first-order valence-electron chi connectivity index (χ1n) is 9.29. The number of ketones is 1. The molecule has 142 valence electrons. The number of unbranched alkanes of at least 4 members (excludes halogenated alkanes) is 3. The van der Waals surface area contributed by atoms with Crippen LogP contribution in [-0.4, -0.2) is 19.4 Å². The Morgan fingerprint density at radius 1 is 1.15 bits per heavy atom. The first-order valence-corrected chi connectivity index (χ1v) is 9.67. The molecule has 5 heteroatoms. The molecule has 3 aromatic rings. The van der Waals surface area contributed by atoms with Crippen molar-refractivity contribution < 1.29 is 13.9 Å². The summed E-state index contributed by atoms with van der Waals surface area (Å²) in [5.74, 6) is 0.645. The van der Waals surface area contributed by atoms with E-state index in [1.807, 2.05) is 24.3 Å². The third-order valence-electron chi connectivity index (χ3n) is 4.55. The van der Waals surface area contributed by atoms with E-state index in [4.69, 9.17) is 20.8 Å². The average Bonchev–Trinajstić information content (AvgIpc) is 3.06. The lowest BCUT2D eigenvalue weighted by molar-refractivity contribution is 0.101. The molecule has 0 amide bonds. The highest BCUT2D eigenvalue weighted by molar-refractivity contribution is 6.32. The zero-order valence-corrected chi connectivity index (χ0v) is 16.4. The van der Waals surface area contributed by atoms with Gasteiger partial charge in [-0.25, -0.2) is 0 Å². The van der Waals surface area contributed by atoms with Crippen molar-refractivity contribution in [3.05, 3.63) is 58.8 Å². The van der Waals surface area contributed by atoms with E-state index in [9.17, 15) is 4.79 Å². The number of anilines is 1. The molecule has 0 saturated heterocycles. The van der Waals surface area contributed by atoms with Crippen molar-refractivity contribution in [3.63, 3.8) is 0 Å². The average molecular weight is 386 g/mol. The summed E-state index contributed by atoms with van der Waals surface area (Å²) in [5.41, 5.74) is 1.91. The molecule has 4 nitrogen and oxygen atoms in total. The topological polar surface area (TPSA) is 51.5 Å². The van der Waals surface area contributed by atoms with E-state index in [0.717, 1.165) is 30.5 Å². The van der Waals surface area contributed by atoms with Crippen LogP contribution in [0.25, 0.3) is 11.0 Å². The summed E-state index contributed by atoms with van der Waals surface area (Å²) >= 11 is 6.19. The van der Waals surface area contributed by atoms with Gasteiger partial charge in [0, 0.05) is 17.5 Å². The second kappa shape index (κ2) is 8.96. The van der Waals surface area contributed by atoms with Gasteiger partial charge in [-0.05, 0) is 36.8 Å². The molecule has 1 aromatic heterocycles. The van der Waals surface area contributed by atoms with Crippen molar-refractivity contribution >= 4 is 34.0 Å². The molecule has 0 aliphatic rings. The lowest BCUT2D eigenvalue weighted by atomic mass is 10.1. The van der Waals surface area contributed by atoms with Crippen LogP contribution in [0, 0.1) is 0 Å². The standard InChI is InChI=1S/C22H24ClNO3/c1-3-4-5-8-13-24-20-16-9-6-7-10-18(16)27-22(20)21(25)15-11-12-19(26-2)17(23)14-15/h6-7,9-12,14,24H,3-5,8,13H2,1-2H3. The van der Waals surface area contributed by atoms with E-state index in [0.29, 0.717) is 27.7 Å². The van der Waals surface area contributed by atoms with E-state index in [-0.39, 0.29) is 5.78 Å². The first kappa shape index (κ1) is 19.3. The highest BCUT2D eigenvalue weighted by Gasteiger charge is 2.22. The Morgan fingerprint density at radius 2 is 1.96 bits per heavy atom. The summed E-state index contributed by atoms with van der Waals surface area (Å²) in [5, 5.41) is 4.72. The quantitative estimate of drug-likeness (QED) is 0.346. The predicted molar refractivity (Wildman–Crippen MR) is 110 cm³/mol. The van der Waals surface area contributed by atoms with Crippen LogP contribution in [0.5, 0.6) is 5.75 Å². The predicted octanol–water partition coefficient (Wildman–Crippen LogP) is 6.32. The Hall–Kier alpha value is -2.46. The largest absolute Gasteiger partial charge is 0.495 e. The Balaban J connectivity index is 1.91. The summed E-state index contributed by atoms with van der Waals surface area (Å²) in [6, 6.07) is 12.7. The Labute approximate surface area is 164 Å². The molecule has 0 bridgehead atoms.